The van der Waals surface area contributed by atoms with E-state index in [1.54, 1.807) is 12.5 Å². The molecule has 0 unspecified atom stereocenters. The van der Waals surface area contributed by atoms with Gasteiger partial charge >= 0.3 is 0 Å². The van der Waals surface area contributed by atoms with Crippen LogP contribution in [0.15, 0.2) is 18.2 Å². The van der Waals surface area contributed by atoms with Crippen LogP contribution in [-0.4, -0.2) is 41.2 Å². The summed E-state index contributed by atoms with van der Waals surface area (Å²) in [4.78, 5) is 19.1. The predicted octanol–water partition coefficient (Wildman–Crippen LogP) is 4.15. The molecule has 1 aliphatic rings. The number of unbranched alkanes of at least 4 members (excludes halogenated alkanes) is 4. The Morgan fingerprint density at radius 1 is 1.38 bits per heavy atom. The zero-order valence-corrected chi connectivity index (χ0v) is 17.2. The highest BCUT2D eigenvalue weighted by molar-refractivity contribution is 7.15. The van der Waals surface area contributed by atoms with Crippen LogP contribution in [0, 0.1) is 0 Å². The highest BCUT2D eigenvalue weighted by Crippen LogP contribution is 2.24. The second-order valence-corrected chi connectivity index (χ2v) is 8.50. The van der Waals surface area contributed by atoms with Crippen molar-refractivity contribution in [3.8, 4) is 5.19 Å². The van der Waals surface area contributed by atoms with Crippen molar-refractivity contribution in [3.05, 3.63) is 23.1 Å². The normalized spacial score (nSPS) is 16.7. The molecule has 1 aromatic rings. The summed E-state index contributed by atoms with van der Waals surface area (Å²) in [7, 11) is 0. The molecule has 1 amide bonds. The maximum Gasteiger partial charge on any atom is 0.278 e. The average molecular weight is 382 g/mol. The van der Waals surface area contributed by atoms with Gasteiger partial charge in [0.15, 0.2) is 0 Å². The molecule has 2 heterocycles. The molecule has 1 fully saturated rings. The lowest BCUT2D eigenvalue weighted by atomic mass is 10.1. The maximum atomic E-state index is 12.1. The lowest BCUT2D eigenvalue weighted by molar-refractivity contribution is 0.0943. The third kappa shape index (κ3) is 6.61. The first-order chi connectivity index (χ1) is 12.4. The molecule has 6 nitrogen and oxygen atoms in total. The van der Waals surface area contributed by atoms with Crippen LogP contribution in [0.25, 0.3) is 0 Å². The molecule has 0 aromatic carbocycles. The number of amides is 1. The number of carbonyl (C=O) groups excluding carboxylic acids is 1. The van der Waals surface area contributed by atoms with Gasteiger partial charge < -0.3 is 14.8 Å². The first-order valence-electron chi connectivity index (χ1n) is 9.37. The molecule has 1 aromatic heterocycles. The van der Waals surface area contributed by atoms with Crippen molar-refractivity contribution in [2.75, 3.05) is 19.8 Å². The van der Waals surface area contributed by atoms with E-state index >= 15 is 0 Å². The van der Waals surface area contributed by atoms with Gasteiger partial charge in [-0.2, -0.15) is 0 Å². The second-order valence-electron chi connectivity index (χ2n) is 7.50. The van der Waals surface area contributed by atoms with Gasteiger partial charge in [0.2, 0.25) is 0 Å². The third-order valence-electron chi connectivity index (χ3n) is 4.27. The van der Waals surface area contributed by atoms with Crippen LogP contribution in [0.2, 0.25) is 0 Å². The molecule has 0 atom stereocenters. The Balaban J connectivity index is 1.74. The van der Waals surface area contributed by atoms with Gasteiger partial charge in [-0.15, -0.1) is 0 Å². The largest absolute Gasteiger partial charge is 0.478 e. The lowest BCUT2D eigenvalue weighted by Crippen LogP contribution is -2.39. The first kappa shape index (κ1) is 20.7. The molecule has 0 aliphatic carbocycles. The minimum Gasteiger partial charge on any atom is -0.478 e. The molecule has 0 radical (unpaired) electrons. The van der Waals surface area contributed by atoms with Gasteiger partial charge in [-0.25, -0.2) is 4.98 Å². The van der Waals surface area contributed by atoms with E-state index in [1.165, 1.54) is 30.6 Å². The summed E-state index contributed by atoms with van der Waals surface area (Å²) >= 11 is 1.24. The van der Waals surface area contributed by atoms with E-state index in [-0.39, 0.29) is 11.4 Å². The average Bonchev–Trinajstić information content (AvgIpc) is 3.24. The zero-order chi connectivity index (χ0) is 19.0. The van der Waals surface area contributed by atoms with Crippen LogP contribution in [-0.2, 0) is 4.74 Å². The van der Waals surface area contributed by atoms with Gasteiger partial charge in [0, 0.05) is 12.1 Å². The fraction of sp³-hybridized carbons (Fsp3) is 0.684. The Kier molecular flexibility index (Phi) is 7.90. The summed E-state index contributed by atoms with van der Waals surface area (Å²) in [6.07, 6.45) is 9.03. The van der Waals surface area contributed by atoms with E-state index in [0.717, 1.165) is 18.6 Å². The van der Waals surface area contributed by atoms with Crippen molar-refractivity contribution in [2.45, 2.75) is 65.3 Å². The minimum absolute atomic E-state index is 0.0541. The van der Waals surface area contributed by atoms with E-state index in [2.05, 4.69) is 42.9 Å². The SMILES string of the molecule is CCCCCCCNC(=O)c1cnc(OC=C2CN(C(C)(C)C)CO2)s1. The smallest absolute Gasteiger partial charge is 0.278 e. The van der Waals surface area contributed by atoms with E-state index in [9.17, 15) is 4.79 Å². The fourth-order valence-electron chi connectivity index (χ4n) is 2.49. The van der Waals surface area contributed by atoms with Crippen molar-refractivity contribution < 1.29 is 14.3 Å². The van der Waals surface area contributed by atoms with Crippen LogP contribution in [0.1, 0.15) is 69.5 Å². The lowest BCUT2D eigenvalue weighted by Gasteiger charge is -2.28. The van der Waals surface area contributed by atoms with Crippen LogP contribution in [0.3, 0.4) is 0 Å². The Morgan fingerprint density at radius 3 is 2.85 bits per heavy atom. The first-order valence-corrected chi connectivity index (χ1v) is 10.2. The van der Waals surface area contributed by atoms with Crippen LogP contribution in [0.4, 0.5) is 0 Å². The minimum atomic E-state index is -0.0866. The number of carbonyl (C=O) groups is 1. The van der Waals surface area contributed by atoms with Gasteiger partial charge in [-0.05, 0) is 27.2 Å². The molecule has 26 heavy (non-hydrogen) atoms. The van der Waals surface area contributed by atoms with Crippen molar-refractivity contribution >= 4 is 17.2 Å². The number of hydrogen-bond donors (Lipinski definition) is 1. The van der Waals surface area contributed by atoms with Crippen molar-refractivity contribution in [1.82, 2.24) is 15.2 Å². The van der Waals surface area contributed by atoms with E-state index in [0.29, 0.717) is 29.9 Å². The number of nitrogens with zero attached hydrogens (tertiary/aromatic N) is 2. The molecule has 1 aliphatic heterocycles. The monoisotopic (exact) mass is 381 g/mol. The second kappa shape index (κ2) is 9.92. The van der Waals surface area contributed by atoms with Crippen molar-refractivity contribution in [3.63, 3.8) is 0 Å². The number of rotatable bonds is 9. The molecular formula is C19H31N3O3S. The Hall–Kier alpha value is -1.60. The van der Waals surface area contributed by atoms with Gasteiger partial charge in [-0.1, -0.05) is 43.9 Å². The van der Waals surface area contributed by atoms with Gasteiger partial charge in [0.1, 0.15) is 23.6 Å². The molecule has 0 spiro atoms. The van der Waals surface area contributed by atoms with Crippen LogP contribution >= 0.6 is 11.3 Å². The Morgan fingerprint density at radius 2 is 2.15 bits per heavy atom. The van der Waals surface area contributed by atoms with E-state index in [1.807, 2.05) is 0 Å². The number of ether oxygens (including phenoxy) is 2. The molecule has 2 rings (SSSR count). The number of nitrogens with one attached hydrogen (secondary N) is 1. The quantitative estimate of drug-likeness (QED) is 0.514. The Bertz CT molecular complexity index is 607. The summed E-state index contributed by atoms with van der Waals surface area (Å²) in [6.45, 7) is 10.6. The predicted molar refractivity (Wildman–Crippen MR) is 104 cm³/mol. The molecular weight excluding hydrogens is 350 g/mol. The summed E-state index contributed by atoms with van der Waals surface area (Å²) < 4.78 is 11.2. The fourth-order valence-corrected chi connectivity index (χ4v) is 3.15. The van der Waals surface area contributed by atoms with E-state index in [4.69, 9.17) is 9.47 Å². The maximum absolute atomic E-state index is 12.1. The summed E-state index contributed by atoms with van der Waals surface area (Å²) in [5.41, 5.74) is 0.0541. The summed E-state index contributed by atoms with van der Waals surface area (Å²) in [5, 5.41) is 3.39. The van der Waals surface area contributed by atoms with Gasteiger partial charge in [-0.3, -0.25) is 9.69 Å². The highest BCUT2D eigenvalue weighted by Gasteiger charge is 2.28. The summed E-state index contributed by atoms with van der Waals surface area (Å²) in [6, 6.07) is 0. The molecule has 0 saturated carbocycles. The summed E-state index contributed by atoms with van der Waals surface area (Å²) in [5.74, 6) is 0.685. The topological polar surface area (TPSA) is 63.7 Å². The zero-order valence-electron chi connectivity index (χ0n) is 16.3. The molecule has 146 valence electrons. The number of aromatic nitrogens is 1. The van der Waals surface area contributed by atoms with Crippen molar-refractivity contribution in [1.29, 1.82) is 0 Å². The van der Waals surface area contributed by atoms with Crippen molar-refractivity contribution in [2.24, 2.45) is 0 Å². The van der Waals surface area contributed by atoms with Crippen LogP contribution < -0.4 is 10.1 Å². The molecule has 0 bridgehead atoms. The third-order valence-corrected chi connectivity index (χ3v) is 5.15. The van der Waals surface area contributed by atoms with Crippen LogP contribution in [0.5, 0.6) is 5.19 Å². The van der Waals surface area contributed by atoms with Gasteiger partial charge in [0.05, 0.1) is 12.7 Å². The molecule has 1 saturated heterocycles. The number of hydrogen-bond acceptors (Lipinski definition) is 6. The van der Waals surface area contributed by atoms with E-state index < -0.39 is 0 Å². The van der Waals surface area contributed by atoms with Gasteiger partial charge in [0.25, 0.3) is 11.1 Å². The Labute approximate surface area is 160 Å². The highest BCUT2D eigenvalue weighted by atomic mass is 32.1. The molecule has 1 N–H and O–H groups in total. The number of thiazole rings is 1. The standard InChI is InChI=1S/C19H31N3O3S/c1-5-6-7-8-9-10-20-17(23)16-11-21-18(26-16)24-13-15-12-22(14-25-15)19(2,3)4/h11,13H,5-10,12,14H2,1-4H3,(H,20,23). The molecule has 7 heteroatoms.